The highest BCUT2D eigenvalue weighted by atomic mass is 32.1. The molecular weight excluding hydrogens is 256 g/mol. The summed E-state index contributed by atoms with van der Waals surface area (Å²) in [6.07, 6.45) is 2.72. The zero-order valence-corrected chi connectivity index (χ0v) is 13.7. The van der Waals surface area contributed by atoms with Gasteiger partial charge in [-0.2, -0.15) is 0 Å². The van der Waals surface area contributed by atoms with Crippen LogP contribution in [0, 0.1) is 6.92 Å². The van der Waals surface area contributed by atoms with Gasteiger partial charge in [0.2, 0.25) is 0 Å². The molecule has 1 atom stereocenters. The molecular formula is C15H26N2OS. The van der Waals surface area contributed by atoms with E-state index in [2.05, 4.69) is 39.9 Å². The molecule has 2 rings (SSSR count). The van der Waals surface area contributed by atoms with Crippen LogP contribution in [-0.4, -0.2) is 24.2 Å². The van der Waals surface area contributed by atoms with E-state index in [1.807, 2.05) is 11.3 Å². The summed E-state index contributed by atoms with van der Waals surface area (Å²) in [5.41, 5.74) is 1.32. The van der Waals surface area contributed by atoms with Crippen molar-refractivity contribution in [3.8, 4) is 0 Å². The van der Waals surface area contributed by atoms with Crippen molar-refractivity contribution < 1.29 is 4.74 Å². The fourth-order valence-corrected chi connectivity index (χ4v) is 3.59. The van der Waals surface area contributed by atoms with Gasteiger partial charge in [-0.15, -0.1) is 11.3 Å². The molecule has 108 valence electrons. The fraction of sp³-hybridized carbons (Fsp3) is 0.800. The lowest BCUT2D eigenvalue weighted by atomic mass is 9.88. The molecule has 19 heavy (non-hydrogen) atoms. The number of hydrogen-bond acceptors (Lipinski definition) is 4. The number of nitrogens with zero attached hydrogens (tertiary/aromatic N) is 1. The van der Waals surface area contributed by atoms with Crippen molar-refractivity contribution in [1.29, 1.82) is 0 Å². The van der Waals surface area contributed by atoms with Gasteiger partial charge in [0.1, 0.15) is 0 Å². The van der Waals surface area contributed by atoms with Gasteiger partial charge in [0.25, 0.3) is 0 Å². The Morgan fingerprint density at radius 3 is 2.47 bits per heavy atom. The first-order chi connectivity index (χ1) is 8.81. The van der Waals surface area contributed by atoms with E-state index in [-0.39, 0.29) is 5.41 Å². The fourth-order valence-electron chi connectivity index (χ4n) is 2.45. The SMILES string of the molecule is COC1CC(NC(C)c2sc(C(C)(C)C)nc2C)C1. The maximum atomic E-state index is 5.33. The van der Waals surface area contributed by atoms with Crippen molar-refractivity contribution >= 4 is 11.3 Å². The highest BCUT2D eigenvalue weighted by Crippen LogP contribution is 2.34. The van der Waals surface area contributed by atoms with Crippen LogP contribution in [0.4, 0.5) is 0 Å². The summed E-state index contributed by atoms with van der Waals surface area (Å²) >= 11 is 1.85. The lowest BCUT2D eigenvalue weighted by Crippen LogP contribution is -2.45. The molecule has 1 N–H and O–H groups in total. The van der Waals surface area contributed by atoms with Crippen molar-refractivity contribution in [3.05, 3.63) is 15.6 Å². The summed E-state index contributed by atoms with van der Waals surface area (Å²) in [6.45, 7) is 11.0. The lowest BCUT2D eigenvalue weighted by molar-refractivity contribution is 0.0148. The highest BCUT2D eigenvalue weighted by Gasteiger charge is 2.31. The Hall–Kier alpha value is -0.450. The Morgan fingerprint density at radius 1 is 1.37 bits per heavy atom. The van der Waals surface area contributed by atoms with E-state index in [0.29, 0.717) is 18.2 Å². The largest absolute Gasteiger partial charge is 0.381 e. The van der Waals surface area contributed by atoms with Crippen molar-refractivity contribution in [2.24, 2.45) is 0 Å². The predicted octanol–water partition coefficient (Wildman–Crippen LogP) is 3.58. The molecule has 0 radical (unpaired) electrons. The van der Waals surface area contributed by atoms with E-state index in [1.54, 1.807) is 7.11 Å². The Labute approximate surface area is 120 Å². The van der Waals surface area contributed by atoms with E-state index >= 15 is 0 Å². The Bertz CT molecular complexity index is 430. The van der Waals surface area contributed by atoms with E-state index in [4.69, 9.17) is 9.72 Å². The van der Waals surface area contributed by atoms with Crippen LogP contribution in [0.25, 0.3) is 0 Å². The van der Waals surface area contributed by atoms with Gasteiger partial charge in [0.15, 0.2) is 0 Å². The smallest absolute Gasteiger partial charge is 0.0985 e. The van der Waals surface area contributed by atoms with E-state index in [0.717, 1.165) is 12.8 Å². The lowest BCUT2D eigenvalue weighted by Gasteiger charge is -2.36. The van der Waals surface area contributed by atoms with Gasteiger partial charge in [-0.3, -0.25) is 0 Å². The quantitative estimate of drug-likeness (QED) is 0.916. The minimum absolute atomic E-state index is 0.144. The van der Waals surface area contributed by atoms with Gasteiger partial charge in [0, 0.05) is 29.5 Å². The molecule has 0 amide bonds. The third-order valence-electron chi connectivity index (χ3n) is 3.78. The van der Waals surface area contributed by atoms with Crippen LogP contribution in [0.3, 0.4) is 0 Å². The molecule has 4 heteroatoms. The van der Waals surface area contributed by atoms with Crippen LogP contribution >= 0.6 is 11.3 Å². The summed E-state index contributed by atoms with van der Waals surface area (Å²) in [4.78, 5) is 6.12. The number of hydrogen-bond donors (Lipinski definition) is 1. The molecule has 1 fully saturated rings. The Morgan fingerprint density at radius 2 is 2.00 bits per heavy atom. The number of methoxy groups -OCH3 is 1. The molecule has 1 unspecified atom stereocenters. The Balaban J connectivity index is 1.99. The van der Waals surface area contributed by atoms with Gasteiger partial charge in [-0.1, -0.05) is 20.8 Å². The van der Waals surface area contributed by atoms with Gasteiger partial charge < -0.3 is 10.1 Å². The van der Waals surface area contributed by atoms with Gasteiger partial charge in [-0.05, 0) is 26.7 Å². The van der Waals surface area contributed by atoms with Crippen molar-refractivity contribution in [1.82, 2.24) is 10.3 Å². The molecule has 3 nitrogen and oxygen atoms in total. The minimum atomic E-state index is 0.144. The number of thiazole rings is 1. The summed E-state index contributed by atoms with van der Waals surface area (Å²) in [5.74, 6) is 0. The number of aromatic nitrogens is 1. The topological polar surface area (TPSA) is 34.1 Å². The molecule has 1 saturated carbocycles. The summed E-state index contributed by atoms with van der Waals surface area (Å²) < 4.78 is 5.33. The van der Waals surface area contributed by atoms with E-state index in [1.165, 1.54) is 15.6 Å². The molecule has 1 aromatic rings. The highest BCUT2D eigenvalue weighted by molar-refractivity contribution is 7.12. The van der Waals surface area contributed by atoms with Crippen molar-refractivity contribution in [3.63, 3.8) is 0 Å². The third kappa shape index (κ3) is 3.36. The van der Waals surface area contributed by atoms with Gasteiger partial charge in [-0.25, -0.2) is 4.98 Å². The number of ether oxygens (including phenoxy) is 1. The molecule has 1 aliphatic carbocycles. The first-order valence-electron chi connectivity index (χ1n) is 7.08. The zero-order chi connectivity index (χ0) is 14.2. The third-order valence-corrected chi connectivity index (χ3v) is 5.55. The maximum absolute atomic E-state index is 5.33. The average molecular weight is 282 g/mol. The Kier molecular flexibility index (Phi) is 4.33. The average Bonchev–Trinajstić information content (AvgIpc) is 2.64. The first kappa shape index (κ1) is 14.9. The molecule has 0 aromatic carbocycles. The summed E-state index contributed by atoms with van der Waals surface area (Å²) in [5, 5.41) is 4.93. The van der Waals surface area contributed by atoms with Crippen LogP contribution in [0.15, 0.2) is 0 Å². The van der Waals surface area contributed by atoms with Crippen LogP contribution in [0.1, 0.15) is 62.2 Å². The van der Waals surface area contributed by atoms with Gasteiger partial charge in [0.05, 0.1) is 16.8 Å². The second-order valence-corrected chi connectivity index (χ2v) is 7.66. The van der Waals surface area contributed by atoms with Crippen molar-refractivity contribution in [2.75, 3.05) is 7.11 Å². The molecule has 0 bridgehead atoms. The predicted molar refractivity (Wildman–Crippen MR) is 80.9 cm³/mol. The second kappa shape index (κ2) is 5.51. The second-order valence-electron chi connectivity index (χ2n) is 6.63. The first-order valence-corrected chi connectivity index (χ1v) is 7.89. The summed E-state index contributed by atoms with van der Waals surface area (Å²) in [6, 6.07) is 0.982. The normalized spacial score (nSPS) is 25.2. The monoisotopic (exact) mass is 282 g/mol. The molecule has 0 saturated heterocycles. The zero-order valence-electron chi connectivity index (χ0n) is 12.9. The number of nitrogens with one attached hydrogen (secondary N) is 1. The minimum Gasteiger partial charge on any atom is -0.381 e. The molecule has 1 heterocycles. The van der Waals surface area contributed by atoms with Crippen LogP contribution in [0.2, 0.25) is 0 Å². The molecule has 1 aliphatic rings. The van der Waals surface area contributed by atoms with Crippen LogP contribution in [0.5, 0.6) is 0 Å². The van der Waals surface area contributed by atoms with Gasteiger partial charge >= 0.3 is 0 Å². The number of rotatable bonds is 4. The molecule has 0 spiro atoms. The number of aryl methyl sites for hydroxylation is 1. The van der Waals surface area contributed by atoms with E-state index < -0.39 is 0 Å². The van der Waals surface area contributed by atoms with E-state index in [9.17, 15) is 0 Å². The molecule has 0 aliphatic heterocycles. The molecule has 1 aromatic heterocycles. The van der Waals surface area contributed by atoms with Crippen LogP contribution in [-0.2, 0) is 10.2 Å². The van der Waals surface area contributed by atoms with Crippen molar-refractivity contribution in [2.45, 2.75) is 71.1 Å². The maximum Gasteiger partial charge on any atom is 0.0985 e. The van der Waals surface area contributed by atoms with Crippen LogP contribution < -0.4 is 5.32 Å². The standard InChI is InChI=1S/C15H26N2OS/c1-9(16-11-7-12(8-11)18-6)13-10(2)17-14(19-13)15(3,4)5/h9,11-12,16H,7-8H2,1-6H3. The summed E-state index contributed by atoms with van der Waals surface area (Å²) in [7, 11) is 1.80.